The maximum Gasteiger partial charge on any atom is 0.237 e. The van der Waals surface area contributed by atoms with Crippen molar-refractivity contribution >= 4 is 5.91 Å². The van der Waals surface area contributed by atoms with Gasteiger partial charge in [0.05, 0.1) is 6.04 Å². The van der Waals surface area contributed by atoms with Crippen molar-refractivity contribution < 1.29 is 4.79 Å². The number of hydrogen-bond donors (Lipinski definition) is 2. The summed E-state index contributed by atoms with van der Waals surface area (Å²) in [5, 5.41) is 6.64. The van der Waals surface area contributed by atoms with E-state index in [2.05, 4.69) is 48.7 Å². The molecule has 1 aromatic carbocycles. The van der Waals surface area contributed by atoms with Gasteiger partial charge in [-0.1, -0.05) is 38.1 Å². The van der Waals surface area contributed by atoms with Crippen molar-refractivity contribution in [3.63, 3.8) is 0 Å². The molecule has 4 unspecified atom stereocenters. The second-order valence-electron chi connectivity index (χ2n) is 6.88. The Bertz CT molecular complexity index is 514. The van der Waals surface area contributed by atoms with Gasteiger partial charge in [-0.15, -0.1) is 0 Å². The van der Waals surface area contributed by atoms with Gasteiger partial charge in [0.1, 0.15) is 0 Å². The molecule has 1 aliphatic heterocycles. The fourth-order valence-corrected chi connectivity index (χ4v) is 3.62. The second-order valence-corrected chi connectivity index (χ2v) is 6.88. The van der Waals surface area contributed by atoms with Crippen LogP contribution < -0.4 is 10.6 Å². The molecule has 0 radical (unpaired) electrons. The van der Waals surface area contributed by atoms with Gasteiger partial charge in [-0.05, 0) is 48.6 Å². The molecule has 1 aliphatic carbocycles. The Labute approximate surface area is 127 Å². The first-order valence-corrected chi connectivity index (χ1v) is 8.24. The molecule has 3 nitrogen and oxygen atoms in total. The SMILES string of the molecule is CC1CCC(NC(=O)C2Cc3ccccc3CN2)CC1C. The number of fused-ring (bicyclic) bond motifs is 1. The normalized spacial score (nSPS) is 32.3. The Balaban J connectivity index is 1.57. The molecule has 3 rings (SSSR count). The number of benzene rings is 1. The zero-order valence-corrected chi connectivity index (χ0v) is 13.1. The van der Waals surface area contributed by atoms with Crippen molar-refractivity contribution in [1.29, 1.82) is 0 Å². The molecule has 2 N–H and O–H groups in total. The third-order valence-corrected chi connectivity index (χ3v) is 5.34. The van der Waals surface area contributed by atoms with Crippen LogP contribution in [0.4, 0.5) is 0 Å². The molecule has 0 saturated heterocycles. The Kier molecular flexibility index (Phi) is 4.29. The number of carbonyl (C=O) groups is 1. The molecular formula is C18H26N2O. The first kappa shape index (κ1) is 14.6. The summed E-state index contributed by atoms with van der Waals surface area (Å²) < 4.78 is 0. The van der Waals surface area contributed by atoms with Crippen LogP contribution in [-0.2, 0) is 17.8 Å². The lowest BCUT2D eigenvalue weighted by Gasteiger charge is -2.34. The predicted molar refractivity (Wildman–Crippen MR) is 84.9 cm³/mol. The van der Waals surface area contributed by atoms with E-state index >= 15 is 0 Å². The summed E-state index contributed by atoms with van der Waals surface area (Å²) in [6, 6.07) is 8.69. The first-order valence-electron chi connectivity index (χ1n) is 8.24. The molecule has 1 amide bonds. The minimum atomic E-state index is -0.0745. The van der Waals surface area contributed by atoms with Crippen molar-refractivity contribution in [3.8, 4) is 0 Å². The van der Waals surface area contributed by atoms with Crippen molar-refractivity contribution in [3.05, 3.63) is 35.4 Å². The summed E-state index contributed by atoms with van der Waals surface area (Å²) in [6.45, 7) is 5.42. The fourth-order valence-electron chi connectivity index (χ4n) is 3.62. The Morgan fingerprint density at radius 2 is 1.90 bits per heavy atom. The lowest BCUT2D eigenvalue weighted by Crippen LogP contribution is -2.51. The summed E-state index contributed by atoms with van der Waals surface area (Å²) in [7, 11) is 0. The molecule has 4 atom stereocenters. The second kappa shape index (κ2) is 6.18. The smallest absolute Gasteiger partial charge is 0.237 e. The van der Waals surface area contributed by atoms with E-state index in [9.17, 15) is 4.79 Å². The number of rotatable bonds is 2. The van der Waals surface area contributed by atoms with Gasteiger partial charge in [0, 0.05) is 12.6 Å². The highest BCUT2D eigenvalue weighted by atomic mass is 16.2. The fraction of sp³-hybridized carbons (Fsp3) is 0.611. The molecule has 1 aromatic rings. The lowest BCUT2D eigenvalue weighted by molar-refractivity contribution is -0.124. The zero-order chi connectivity index (χ0) is 14.8. The summed E-state index contributed by atoms with van der Waals surface area (Å²) >= 11 is 0. The van der Waals surface area contributed by atoms with Crippen LogP contribution >= 0.6 is 0 Å². The standard InChI is InChI=1S/C18H26N2O/c1-12-7-8-16(9-13(12)2)20-18(21)17-10-14-5-3-4-6-15(14)11-19-17/h3-6,12-13,16-17,19H,7-11H2,1-2H3,(H,20,21). The van der Waals surface area contributed by atoms with Gasteiger partial charge < -0.3 is 10.6 Å². The zero-order valence-electron chi connectivity index (χ0n) is 13.1. The van der Waals surface area contributed by atoms with Crippen molar-refractivity contribution in [2.45, 2.75) is 58.2 Å². The minimum absolute atomic E-state index is 0.0745. The third kappa shape index (κ3) is 3.29. The highest BCUT2D eigenvalue weighted by Crippen LogP contribution is 2.29. The number of amides is 1. The van der Waals surface area contributed by atoms with Crippen LogP contribution in [0.3, 0.4) is 0 Å². The van der Waals surface area contributed by atoms with Crippen LogP contribution in [-0.4, -0.2) is 18.0 Å². The van der Waals surface area contributed by atoms with Gasteiger partial charge in [-0.2, -0.15) is 0 Å². The Hall–Kier alpha value is -1.35. The highest BCUT2D eigenvalue weighted by molar-refractivity contribution is 5.82. The number of hydrogen-bond acceptors (Lipinski definition) is 2. The van der Waals surface area contributed by atoms with E-state index in [1.54, 1.807) is 0 Å². The average Bonchev–Trinajstić information content (AvgIpc) is 2.50. The molecule has 1 saturated carbocycles. The average molecular weight is 286 g/mol. The van der Waals surface area contributed by atoms with E-state index in [1.165, 1.54) is 17.5 Å². The number of nitrogens with one attached hydrogen (secondary N) is 2. The van der Waals surface area contributed by atoms with Crippen LogP contribution in [0.25, 0.3) is 0 Å². The van der Waals surface area contributed by atoms with Gasteiger partial charge in [0.2, 0.25) is 5.91 Å². The topological polar surface area (TPSA) is 41.1 Å². The minimum Gasteiger partial charge on any atom is -0.352 e. The maximum absolute atomic E-state index is 12.5. The quantitative estimate of drug-likeness (QED) is 0.877. The summed E-state index contributed by atoms with van der Waals surface area (Å²) in [4.78, 5) is 12.5. The molecule has 3 heteroatoms. The molecule has 114 valence electrons. The van der Waals surface area contributed by atoms with Gasteiger partial charge in [-0.25, -0.2) is 0 Å². The largest absolute Gasteiger partial charge is 0.352 e. The monoisotopic (exact) mass is 286 g/mol. The van der Waals surface area contributed by atoms with Gasteiger partial charge in [0.15, 0.2) is 0 Å². The molecule has 1 fully saturated rings. The molecule has 2 aliphatic rings. The van der Waals surface area contributed by atoms with Crippen LogP contribution in [0.2, 0.25) is 0 Å². The van der Waals surface area contributed by atoms with E-state index in [4.69, 9.17) is 0 Å². The Morgan fingerprint density at radius 1 is 1.14 bits per heavy atom. The van der Waals surface area contributed by atoms with Crippen LogP contribution in [0, 0.1) is 11.8 Å². The van der Waals surface area contributed by atoms with Crippen molar-refractivity contribution in [2.24, 2.45) is 11.8 Å². The number of carbonyl (C=O) groups excluding carboxylic acids is 1. The van der Waals surface area contributed by atoms with Crippen LogP contribution in [0.15, 0.2) is 24.3 Å². The van der Waals surface area contributed by atoms with E-state index in [-0.39, 0.29) is 11.9 Å². The predicted octanol–water partition coefficient (Wildman–Crippen LogP) is 2.64. The Morgan fingerprint density at radius 3 is 2.67 bits per heavy atom. The van der Waals surface area contributed by atoms with Crippen molar-refractivity contribution in [1.82, 2.24) is 10.6 Å². The van der Waals surface area contributed by atoms with Crippen molar-refractivity contribution in [2.75, 3.05) is 0 Å². The van der Waals surface area contributed by atoms with E-state index < -0.39 is 0 Å². The van der Waals surface area contributed by atoms with E-state index in [0.29, 0.717) is 12.0 Å². The molecular weight excluding hydrogens is 260 g/mol. The van der Waals surface area contributed by atoms with Gasteiger partial charge in [-0.3, -0.25) is 4.79 Å². The summed E-state index contributed by atoms with van der Waals surface area (Å²) in [5.41, 5.74) is 2.63. The first-order chi connectivity index (χ1) is 10.1. The molecule has 21 heavy (non-hydrogen) atoms. The molecule has 0 spiro atoms. The molecule has 0 bridgehead atoms. The maximum atomic E-state index is 12.5. The highest BCUT2D eigenvalue weighted by Gasteiger charge is 2.29. The third-order valence-electron chi connectivity index (χ3n) is 5.34. The van der Waals surface area contributed by atoms with Crippen LogP contribution in [0.5, 0.6) is 0 Å². The van der Waals surface area contributed by atoms with Crippen LogP contribution in [0.1, 0.15) is 44.2 Å². The van der Waals surface area contributed by atoms with E-state index in [0.717, 1.165) is 31.7 Å². The summed E-state index contributed by atoms with van der Waals surface area (Å²) in [5.74, 6) is 1.68. The van der Waals surface area contributed by atoms with E-state index in [1.807, 2.05) is 0 Å². The summed E-state index contributed by atoms with van der Waals surface area (Å²) in [6.07, 6.45) is 4.28. The van der Waals surface area contributed by atoms with Gasteiger partial charge >= 0.3 is 0 Å². The van der Waals surface area contributed by atoms with Gasteiger partial charge in [0.25, 0.3) is 0 Å². The molecule has 1 heterocycles. The lowest BCUT2D eigenvalue weighted by atomic mass is 9.79. The molecule has 0 aromatic heterocycles.